The molecule has 2 fully saturated rings. The highest BCUT2D eigenvalue weighted by molar-refractivity contribution is 5.90. The molecule has 2 amide bonds. The predicted octanol–water partition coefficient (Wildman–Crippen LogP) is 0.988. The third-order valence-corrected chi connectivity index (χ3v) is 4.31. The maximum absolute atomic E-state index is 12.5. The van der Waals surface area contributed by atoms with Gasteiger partial charge in [0.2, 0.25) is 5.91 Å². The van der Waals surface area contributed by atoms with E-state index in [0.29, 0.717) is 13.0 Å². The molecule has 6 nitrogen and oxygen atoms in total. The van der Waals surface area contributed by atoms with Gasteiger partial charge in [0.1, 0.15) is 12.1 Å². The zero-order valence-corrected chi connectivity index (χ0v) is 13.9. The van der Waals surface area contributed by atoms with Crippen LogP contribution in [0.5, 0.6) is 0 Å². The molecule has 2 rings (SSSR count). The van der Waals surface area contributed by atoms with Crippen LogP contribution in [0.4, 0.5) is 0 Å². The highest BCUT2D eigenvalue weighted by atomic mass is 16.5. The Balaban J connectivity index is 1.82. The van der Waals surface area contributed by atoms with E-state index in [1.54, 1.807) is 6.92 Å². The number of allylic oxidation sites excluding steroid dienone is 1. The van der Waals surface area contributed by atoms with Gasteiger partial charge in [-0.1, -0.05) is 6.08 Å². The van der Waals surface area contributed by atoms with Crippen LogP contribution in [0.1, 0.15) is 45.4 Å². The Morgan fingerprint density at radius 3 is 2.83 bits per heavy atom. The van der Waals surface area contributed by atoms with Crippen molar-refractivity contribution < 1.29 is 19.4 Å². The predicted molar refractivity (Wildman–Crippen MR) is 86.8 cm³/mol. The van der Waals surface area contributed by atoms with E-state index >= 15 is 0 Å². The zero-order chi connectivity index (χ0) is 16.8. The largest absolute Gasteiger partial charge is 0.391 e. The molecule has 1 aliphatic heterocycles. The van der Waals surface area contributed by atoms with Gasteiger partial charge < -0.3 is 20.1 Å². The number of nitrogens with one attached hydrogen (secondary N) is 1. The van der Waals surface area contributed by atoms with Gasteiger partial charge in [-0.05, 0) is 39.0 Å². The van der Waals surface area contributed by atoms with Crippen molar-refractivity contribution in [1.29, 1.82) is 0 Å². The van der Waals surface area contributed by atoms with Crippen molar-refractivity contribution in [1.82, 2.24) is 10.2 Å². The molecule has 23 heavy (non-hydrogen) atoms. The second kappa shape index (κ2) is 8.45. The SMILES string of the molecule is C=CCCCCOC(C)C(=O)N1CC(O)CC1C(=O)NC1CC1. The first kappa shape index (κ1) is 17.9. The minimum Gasteiger partial charge on any atom is -0.391 e. The molecule has 2 N–H and O–H groups in total. The maximum atomic E-state index is 12.5. The van der Waals surface area contributed by atoms with Crippen molar-refractivity contribution >= 4 is 11.8 Å². The fraction of sp³-hybridized carbons (Fsp3) is 0.765. The van der Waals surface area contributed by atoms with Gasteiger partial charge in [0, 0.05) is 25.6 Å². The van der Waals surface area contributed by atoms with Gasteiger partial charge in [-0.3, -0.25) is 9.59 Å². The summed E-state index contributed by atoms with van der Waals surface area (Å²) in [6, 6.07) is -0.333. The summed E-state index contributed by atoms with van der Waals surface area (Å²) in [6.45, 7) is 6.08. The fourth-order valence-corrected chi connectivity index (χ4v) is 2.79. The number of aliphatic hydroxyl groups is 1. The van der Waals surface area contributed by atoms with Crippen molar-refractivity contribution in [3.63, 3.8) is 0 Å². The molecule has 6 heteroatoms. The molecule has 0 aromatic carbocycles. The number of unbranched alkanes of at least 4 members (excludes halogenated alkanes) is 2. The second-order valence-corrected chi connectivity index (χ2v) is 6.48. The van der Waals surface area contributed by atoms with Crippen LogP contribution < -0.4 is 5.32 Å². The lowest BCUT2D eigenvalue weighted by Gasteiger charge is -2.26. The molecule has 0 bridgehead atoms. The Hall–Kier alpha value is -1.40. The van der Waals surface area contributed by atoms with Crippen molar-refractivity contribution in [2.24, 2.45) is 0 Å². The van der Waals surface area contributed by atoms with Gasteiger partial charge in [0.25, 0.3) is 5.91 Å². The third-order valence-electron chi connectivity index (χ3n) is 4.31. The summed E-state index contributed by atoms with van der Waals surface area (Å²) in [7, 11) is 0. The van der Waals surface area contributed by atoms with Gasteiger partial charge in [-0.15, -0.1) is 6.58 Å². The summed E-state index contributed by atoms with van der Waals surface area (Å²) < 4.78 is 5.58. The van der Waals surface area contributed by atoms with Crippen LogP contribution in [-0.4, -0.2) is 59.3 Å². The molecule has 0 aromatic heterocycles. The number of likely N-dealkylation sites (tertiary alicyclic amines) is 1. The number of rotatable bonds is 9. The standard InChI is InChI=1S/C17H28N2O4/c1-3-4-5-6-9-23-12(2)17(22)19-11-14(20)10-15(19)16(21)18-13-7-8-13/h3,12-15,20H,1,4-11H2,2H3,(H,18,21). The van der Waals surface area contributed by atoms with Crippen molar-refractivity contribution in [3.8, 4) is 0 Å². The average Bonchev–Trinajstić information content (AvgIpc) is 3.25. The molecule has 0 spiro atoms. The molecular formula is C17H28N2O4. The first-order valence-corrected chi connectivity index (χ1v) is 8.54. The monoisotopic (exact) mass is 324 g/mol. The Labute approximate surface area is 137 Å². The molecule has 1 heterocycles. The molecule has 1 saturated carbocycles. The van der Waals surface area contributed by atoms with Crippen LogP contribution in [0, 0.1) is 0 Å². The molecule has 2 aliphatic rings. The summed E-state index contributed by atoms with van der Waals surface area (Å²) in [6.07, 6.45) is 5.72. The Morgan fingerprint density at radius 2 is 2.17 bits per heavy atom. The minimum absolute atomic E-state index is 0.157. The topological polar surface area (TPSA) is 78.9 Å². The third kappa shape index (κ3) is 5.32. The summed E-state index contributed by atoms with van der Waals surface area (Å²) >= 11 is 0. The highest BCUT2D eigenvalue weighted by Gasteiger charge is 2.41. The van der Waals surface area contributed by atoms with Gasteiger partial charge in [-0.25, -0.2) is 0 Å². The lowest BCUT2D eigenvalue weighted by molar-refractivity contribution is -0.147. The summed E-state index contributed by atoms with van der Waals surface area (Å²) in [5.41, 5.74) is 0. The van der Waals surface area contributed by atoms with E-state index in [4.69, 9.17) is 4.74 Å². The van der Waals surface area contributed by atoms with Gasteiger partial charge in [0.15, 0.2) is 0 Å². The number of nitrogens with zero attached hydrogens (tertiary/aromatic N) is 1. The second-order valence-electron chi connectivity index (χ2n) is 6.48. The summed E-state index contributed by atoms with van der Waals surface area (Å²) in [5.74, 6) is -0.378. The molecule has 3 unspecified atom stereocenters. The first-order valence-electron chi connectivity index (χ1n) is 8.54. The minimum atomic E-state index is -0.645. The Bertz CT molecular complexity index is 436. The van der Waals surface area contributed by atoms with Crippen LogP contribution >= 0.6 is 0 Å². The van der Waals surface area contributed by atoms with E-state index in [-0.39, 0.29) is 24.4 Å². The molecule has 1 aliphatic carbocycles. The molecule has 0 radical (unpaired) electrons. The average molecular weight is 324 g/mol. The van der Waals surface area contributed by atoms with Crippen LogP contribution in [0.25, 0.3) is 0 Å². The van der Waals surface area contributed by atoms with Gasteiger partial charge in [0.05, 0.1) is 6.10 Å². The lowest BCUT2D eigenvalue weighted by Crippen LogP contribution is -2.49. The van der Waals surface area contributed by atoms with E-state index < -0.39 is 18.2 Å². The van der Waals surface area contributed by atoms with Gasteiger partial charge >= 0.3 is 0 Å². The number of hydrogen-bond donors (Lipinski definition) is 2. The molecule has 1 saturated heterocycles. The number of hydrogen-bond acceptors (Lipinski definition) is 4. The van der Waals surface area contributed by atoms with Crippen molar-refractivity contribution in [2.45, 2.75) is 69.7 Å². The van der Waals surface area contributed by atoms with E-state index in [9.17, 15) is 14.7 Å². The highest BCUT2D eigenvalue weighted by Crippen LogP contribution is 2.23. The fourth-order valence-electron chi connectivity index (χ4n) is 2.79. The molecular weight excluding hydrogens is 296 g/mol. The molecule has 0 aromatic rings. The van der Waals surface area contributed by atoms with Crippen LogP contribution in [0.3, 0.4) is 0 Å². The Morgan fingerprint density at radius 1 is 1.43 bits per heavy atom. The molecule has 130 valence electrons. The van der Waals surface area contributed by atoms with E-state index in [0.717, 1.165) is 32.1 Å². The van der Waals surface area contributed by atoms with Crippen molar-refractivity contribution in [2.75, 3.05) is 13.2 Å². The first-order chi connectivity index (χ1) is 11.0. The number of carbonyl (C=O) groups excluding carboxylic acids is 2. The normalized spacial score (nSPS) is 25.2. The number of carbonyl (C=O) groups is 2. The van der Waals surface area contributed by atoms with E-state index in [1.807, 2.05) is 6.08 Å². The van der Waals surface area contributed by atoms with E-state index in [1.165, 1.54) is 4.90 Å². The summed E-state index contributed by atoms with van der Waals surface area (Å²) in [5, 5.41) is 12.8. The van der Waals surface area contributed by atoms with Crippen LogP contribution in [0.15, 0.2) is 12.7 Å². The number of ether oxygens (including phenoxy) is 1. The zero-order valence-electron chi connectivity index (χ0n) is 13.9. The van der Waals surface area contributed by atoms with E-state index in [2.05, 4.69) is 11.9 Å². The maximum Gasteiger partial charge on any atom is 0.252 e. The number of amides is 2. The number of β-amino-alcohol motifs (C(OH)–C–C–N with tert-alkyl or cyclic N) is 1. The van der Waals surface area contributed by atoms with Gasteiger partial charge in [-0.2, -0.15) is 0 Å². The van der Waals surface area contributed by atoms with Crippen LogP contribution in [-0.2, 0) is 14.3 Å². The molecule has 3 atom stereocenters. The smallest absolute Gasteiger partial charge is 0.252 e. The van der Waals surface area contributed by atoms with Crippen molar-refractivity contribution in [3.05, 3.63) is 12.7 Å². The lowest BCUT2D eigenvalue weighted by atomic mass is 10.1. The Kier molecular flexibility index (Phi) is 6.59. The summed E-state index contributed by atoms with van der Waals surface area (Å²) in [4.78, 5) is 26.2. The quantitative estimate of drug-likeness (QED) is 0.490. The number of aliphatic hydroxyl groups excluding tert-OH is 1. The van der Waals surface area contributed by atoms with Crippen LogP contribution in [0.2, 0.25) is 0 Å².